The van der Waals surface area contributed by atoms with E-state index < -0.39 is 0 Å². The average molecular weight is 329 g/mol. The molecule has 4 nitrogen and oxygen atoms in total. The Labute approximate surface area is 144 Å². The van der Waals surface area contributed by atoms with Crippen molar-refractivity contribution < 1.29 is 14.3 Å². The second kappa shape index (κ2) is 6.30. The normalized spacial score (nSPS) is 31.5. The van der Waals surface area contributed by atoms with E-state index in [0.29, 0.717) is 23.7 Å². The molecule has 1 aromatic rings. The van der Waals surface area contributed by atoms with Gasteiger partial charge in [-0.1, -0.05) is 18.9 Å². The highest BCUT2D eigenvalue weighted by molar-refractivity contribution is 5.83. The number of carbonyl (C=O) groups excluding carboxylic acids is 1. The molecule has 0 bridgehead atoms. The number of rotatable bonds is 4. The molecular weight excluding hydrogens is 302 g/mol. The van der Waals surface area contributed by atoms with Crippen LogP contribution in [0.5, 0.6) is 11.5 Å². The summed E-state index contributed by atoms with van der Waals surface area (Å²) in [7, 11) is 3.31. The van der Waals surface area contributed by atoms with E-state index in [4.69, 9.17) is 9.47 Å². The zero-order valence-electron chi connectivity index (χ0n) is 14.7. The van der Waals surface area contributed by atoms with Gasteiger partial charge in [0.1, 0.15) is 0 Å². The molecule has 0 N–H and O–H groups in total. The Balaban J connectivity index is 1.54. The van der Waals surface area contributed by atoms with Crippen molar-refractivity contribution in [3.05, 3.63) is 23.8 Å². The predicted octanol–water partition coefficient (Wildman–Crippen LogP) is 3.80. The van der Waals surface area contributed by atoms with Crippen LogP contribution in [0.2, 0.25) is 0 Å². The Morgan fingerprint density at radius 2 is 1.71 bits per heavy atom. The molecule has 3 atom stereocenters. The highest BCUT2D eigenvalue weighted by Gasteiger charge is 2.56. The first-order chi connectivity index (χ1) is 11.7. The molecule has 3 fully saturated rings. The Bertz CT molecular complexity index is 617. The van der Waals surface area contributed by atoms with Crippen LogP contribution in [0.3, 0.4) is 0 Å². The molecule has 1 heterocycles. The van der Waals surface area contributed by atoms with E-state index in [2.05, 4.69) is 11.0 Å². The first-order valence-electron chi connectivity index (χ1n) is 9.27. The van der Waals surface area contributed by atoms with Crippen molar-refractivity contribution in [3.63, 3.8) is 0 Å². The van der Waals surface area contributed by atoms with Crippen LogP contribution in [0.4, 0.5) is 0 Å². The monoisotopic (exact) mass is 329 g/mol. The summed E-state index contributed by atoms with van der Waals surface area (Å²) >= 11 is 0. The molecule has 4 rings (SSSR count). The smallest absolute Gasteiger partial charge is 0.226 e. The number of fused-ring (bicyclic) bond motifs is 1. The first-order valence-corrected chi connectivity index (χ1v) is 9.27. The van der Waals surface area contributed by atoms with Crippen LogP contribution in [-0.4, -0.2) is 31.6 Å². The van der Waals surface area contributed by atoms with Crippen molar-refractivity contribution in [2.45, 2.75) is 44.6 Å². The van der Waals surface area contributed by atoms with E-state index in [9.17, 15) is 4.79 Å². The van der Waals surface area contributed by atoms with Crippen LogP contribution in [0.1, 0.15) is 50.1 Å². The minimum absolute atomic E-state index is 0.194. The number of hydrogen-bond donors (Lipinski definition) is 0. The molecule has 1 saturated heterocycles. The lowest BCUT2D eigenvalue weighted by molar-refractivity contribution is -0.134. The van der Waals surface area contributed by atoms with Gasteiger partial charge in [0.05, 0.1) is 20.3 Å². The molecule has 1 aliphatic heterocycles. The fourth-order valence-electron chi connectivity index (χ4n) is 4.99. The van der Waals surface area contributed by atoms with Gasteiger partial charge in [-0.2, -0.15) is 0 Å². The molecular formula is C20H27NO3. The summed E-state index contributed by atoms with van der Waals surface area (Å²) in [5, 5.41) is 0. The van der Waals surface area contributed by atoms with Gasteiger partial charge in [-0.3, -0.25) is 4.79 Å². The third kappa shape index (κ3) is 2.56. The summed E-state index contributed by atoms with van der Waals surface area (Å²) < 4.78 is 10.8. The topological polar surface area (TPSA) is 38.8 Å². The Hall–Kier alpha value is -1.71. The molecule has 0 aromatic heterocycles. The number of amides is 1. The van der Waals surface area contributed by atoms with E-state index >= 15 is 0 Å². The minimum atomic E-state index is 0.194. The zero-order valence-corrected chi connectivity index (χ0v) is 14.7. The SMILES string of the molecule is COc1ccc([C@@H]2CCCN2C(=O)C2[C@H]3CCCC[C@H]23)cc1OC. The molecule has 4 heteroatoms. The molecule has 24 heavy (non-hydrogen) atoms. The van der Waals surface area contributed by atoms with Crippen LogP contribution in [-0.2, 0) is 4.79 Å². The van der Waals surface area contributed by atoms with Crippen LogP contribution >= 0.6 is 0 Å². The van der Waals surface area contributed by atoms with Crippen LogP contribution in [0, 0.1) is 17.8 Å². The summed E-state index contributed by atoms with van der Waals surface area (Å²) in [6.07, 6.45) is 7.27. The first kappa shape index (κ1) is 15.8. The van der Waals surface area contributed by atoms with Gasteiger partial charge in [0.15, 0.2) is 11.5 Å². The highest BCUT2D eigenvalue weighted by atomic mass is 16.5. The Kier molecular flexibility index (Phi) is 4.15. The van der Waals surface area contributed by atoms with Crippen molar-refractivity contribution >= 4 is 5.91 Å². The van der Waals surface area contributed by atoms with Crippen molar-refractivity contribution in [2.75, 3.05) is 20.8 Å². The standard InChI is InChI=1S/C20H27NO3/c1-23-17-10-9-13(12-18(17)24-2)16-8-5-11-21(16)20(22)19-14-6-3-4-7-15(14)19/h9-10,12,14-16,19H,3-8,11H2,1-2H3/t14-,15-,16-/m0/s1. The molecule has 0 unspecified atom stereocenters. The number of hydrogen-bond acceptors (Lipinski definition) is 3. The fourth-order valence-corrected chi connectivity index (χ4v) is 4.99. The average Bonchev–Trinajstić information content (AvgIpc) is 3.15. The number of likely N-dealkylation sites (tertiary alicyclic amines) is 1. The van der Waals surface area contributed by atoms with Gasteiger partial charge in [0.25, 0.3) is 0 Å². The fraction of sp³-hybridized carbons (Fsp3) is 0.650. The van der Waals surface area contributed by atoms with E-state index in [0.717, 1.165) is 30.9 Å². The van der Waals surface area contributed by atoms with Crippen molar-refractivity contribution in [1.29, 1.82) is 0 Å². The summed E-state index contributed by atoms with van der Waals surface area (Å²) in [6.45, 7) is 0.897. The summed E-state index contributed by atoms with van der Waals surface area (Å²) in [5.74, 6) is 3.56. The lowest BCUT2D eigenvalue weighted by Crippen LogP contribution is -2.32. The van der Waals surface area contributed by atoms with Gasteiger partial charge < -0.3 is 14.4 Å². The Morgan fingerprint density at radius 3 is 2.38 bits per heavy atom. The molecule has 3 aliphatic rings. The molecule has 0 radical (unpaired) electrons. The van der Waals surface area contributed by atoms with Gasteiger partial charge in [0, 0.05) is 12.5 Å². The second-order valence-electron chi connectivity index (χ2n) is 7.44. The maximum Gasteiger partial charge on any atom is 0.226 e. The van der Waals surface area contributed by atoms with Gasteiger partial charge in [0.2, 0.25) is 5.91 Å². The third-order valence-corrected chi connectivity index (χ3v) is 6.27. The van der Waals surface area contributed by atoms with Gasteiger partial charge in [-0.25, -0.2) is 0 Å². The van der Waals surface area contributed by atoms with Crippen LogP contribution < -0.4 is 9.47 Å². The predicted molar refractivity (Wildman–Crippen MR) is 92.2 cm³/mol. The van der Waals surface area contributed by atoms with E-state index in [1.165, 1.54) is 31.2 Å². The number of benzene rings is 1. The number of nitrogens with zero attached hydrogens (tertiary/aromatic N) is 1. The van der Waals surface area contributed by atoms with Gasteiger partial charge in [-0.15, -0.1) is 0 Å². The summed E-state index contributed by atoms with van der Waals surface area (Å²) in [6, 6.07) is 6.26. The lowest BCUT2D eigenvalue weighted by atomic mass is 10.0. The van der Waals surface area contributed by atoms with Crippen molar-refractivity contribution in [2.24, 2.45) is 17.8 Å². The maximum atomic E-state index is 13.1. The van der Waals surface area contributed by atoms with Crippen molar-refractivity contribution in [1.82, 2.24) is 4.90 Å². The number of methoxy groups -OCH3 is 2. The molecule has 1 amide bonds. The molecule has 2 saturated carbocycles. The highest BCUT2D eigenvalue weighted by Crippen LogP contribution is 2.57. The lowest BCUT2D eigenvalue weighted by Gasteiger charge is -2.26. The van der Waals surface area contributed by atoms with Crippen molar-refractivity contribution in [3.8, 4) is 11.5 Å². The summed E-state index contributed by atoms with van der Waals surface area (Å²) in [5.41, 5.74) is 1.17. The van der Waals surface area contributed by atoms with E-state index in [1.54, 1.807) is 14.2 Å². The second-order valence-corrected chi connectivity index (χ2v) is 7.44. The molecule has 2 aliphatic carbocycles. The van der Waals surface area contributed by atoms with Gasteiger partial charge in [-0.05, 0) is 55.2 Å². The number of ether oxygens (including phenoxy) is 2. The molecule has 0 spiro atoms. The minimum Gasteiger partial charge on any atom is -0.493 e. The van der Waals surface area contributed by atoms with E-state index in [1.807, 2.05) is 12.1 Å². The third-order valence-electron chi connectivity index (χ3n) is 6.27. The van der Waals surface area contributed by atoms with Gasteiger partial charge >= 0.3 is 0 Å². The zero-order chi connectivity index (χ0) is 16.7. The molecule has 130 valence electrons. The quantitative estimate of drug-likeness (QED) is 0.843. The van der Waals surface area contributed by atoms with Crippen LogP contribution in [0.15, 0.2) is 18.2 Å². The maximum absolute atomic E-state index is 13.1. The largest absolute Gasteiger partial charge is 0.493 e. The summed E-state index contributed by atoms with van der Waals surface area (Å²) in [4.78, 5) is 15.2. The van der Waals surface area contributed by atoms with E-state index in [-0.39, 0.29) is 6.04 Å². The Morgan fingerprint density at radius 1 is 1.00 bits per heavy atom. The number of carbonyl (C=O) groups is 1. The van der Waals surface area contributed by atoms with Crippen LogP contribution in [0.25, 0.3) is 0 Å². The molecule has 1 aromatic carbocycles.